The number of rotatable bonds is 1. The summed E-state index contributed by atoms with van der Waals surface area (Å²) >= 11 is 0. The number of piperidine rings is 1. The lowest BCUT2D eigenvalue weighted by molar-refractivity contribution is 0.200. The molecule has 0 spiro atoms. The molecule has 0 bridgehead atoms. The molecular weight excluding hydrogens is 228 g/mol. The van der Waals surface area contributed by atoms with E-state index in [1.165, 1.54) is 0 Å². The third kappa shape index (κ3) is 1.66. The van der Waals surface area contributed by atoms with Crippen molar-refractivity contribution in [3.63, 3.8) is 0 Å². The van der Waals surface area contributed by atoms with Crippen molar-refractivity contribution in [1.82, 2.24) is 19.2 Å². The number of likely N-dealkylation sites (tertiary alicyclic amines) is 1. The fraction of sp³-hybridized carbons (Fsp3) is 0.538. The number of pyridine rings is 1. The number of fused-ring (bicyclic) bond motifs is 1. The van der Waals surface area contributed by atoms with Crippen LogP contribution in [0.2, 0.25) is 0 Å². The van der Waals surface area contributed by atoms with E-state index >= 15 is 0 Å². The summed E-state index contributed by atoms with van der Waals surface area (Å²) in [6.07, 6.45) is 3.79. The lowest BCUT2D eigenvalue weighted by Crippen LogP contribution is -2.36. The maximum absolute atomic E-state index is 12.4. The predicted molar refractivity (Wildman–Crippen MR) is 70.7 cm³/mol. The molecule has 3 rings (SSSR count). The van der Waals surface area contributed by atoms with Gasteiger partial charge in [0, 0.05) is 13.2 Å². The second-order valence-electron chi connectivity index (χ2n) is 5.08. The molecule has 1 fully saturated rings. The van der Waals surface area contributed by atoms with Crippen molar-refractivity contribution >= 4 is 11.0 Å². The summed E-state index contributed by atoms with van der Waals surface area (Å²) in [5.41, 5.74) is 0.872. The van der Waals surface area contributed by atoms with Crippen molar-refractivity contribution < 1.29 is 0 Å². The molecule has 0 radical (unpaired) electrons. The van der Waals surface area contributed by atoms with Crippen LogP contribution in [0, 0.1) is 0 Å². The molecular formula is C13H18N4O. The van der Waals surface area contributed by atoms with E-state index in [4.69, 9.17) is 0 Å². The molecule has 5 nitrogen and oxygen atoms in total. The summed E-state index contributed by atoms with van der Waals surface area (Å²) in [5, 5.41) is 0.721. The van der Waals surface area contributed by atoms with Crippen LogP contribution in [0.25, 0.3) is 11.0 Å². The third-order valence-corrected chi connectivity index (χ3v) is 3.89. The predicted octanol–water partition coefficient (Wildman–Crippen LogP) is 1.00. The van der Waals surface area contributed by atoms with Gasteiger partial charge in [0.25, 0.3) is 5.56 Å². The van der Waals surface area contributed by atoms with E-state index in [1.807, 2.05) is 28.5 Å². The quantitative estimate of drug-likeness (QED) is 0.754. The molecule has 1 aliphatic heterocycles. The first-order chi connectivity index (χ1) is 8.68. The molecule has 2 aromatic heterocycles. The smallest absolute Gasteiger partial charge is 0.276 e. The lowest BCUT2D eigenvalue weighted by Gasteiger charge is -2.30. The van der Waals surface area contributed by atoms with Crippen LogP contribution < -0.4 is 5.56 Å². The van der Waals surface area contributed by atoms with Gasteiger partial charge < -0.3 is 4.90 Å². The van der Waals surface area contributed by atoms with Gasteiger partial charge in [-0.1, -0.05) is 0 Å². The van der Waals surface area contributed by atoms with E-state index in [2.05, 4.69) is 16.9 Å². The van der Waals surface area contributed by atoms with E-state index in [-0.39, 0.29) is 5.56 Å². The Balaban J connectivity index is 2.09. The Kier molecular flexibility index (Phi) is 2.70. The lowest BCUT2D eigenvalue weighted by atomic mass is 10.1. The van der Waals surface area contributed by atoms with Gasteiger partial charge in [-0.05, 0) is 45.1 Å². The summed E-state index contributed by atoms with van der Waals surface area (Å²) in [6, 6.07) is 3.98. The fourth-order valence-corrected chi connectivity index (χ4v) is 2.83. The second kappa shape index (κ2) is 4.24. The highest BCUT2D eigenvalue weighted by molar-refractivity contribution is 5.74. The molecule has 18 heavy (non-hydrogen) atoms. The van der Waals surface area contributed by atoms with Crippen LogP contribution in [0.3, 0.4) is 0 Å². The summed E-state index contributed by atoms with van der Waals surface area (Å²) in [5.74, 6) is 0. The fourth-order valence-electron chi connectivity index (χ4n) is 2.83. The number of aromatic nitrogens is 3. The van der Waals surface area contributed by atoms with Crippen LogP contribution in [0.4, 0.5) is 0 Å². The molecule has 0 atom stereocenters. The molecule has 96 valence electrons. The Morgan fingerprint density at radius 3 is 2.67 bits per heavy atom. The van der Waals surface area contributed by atoms with Gasteiger partial charge in [-0.3, -0.25) is 9.48 Å². The van der Waals surface area contributed by atoms with Crippen molar-refractivity contribution in [3.8, 4) is 0 Å². The summed E-state index contributed by atoms with van der Waals surface area (Å²) < 4.78 is 3.79. The minimum Gasteiger partial charge on any atom is -0.306 e. The first kappa shape index (κ1) is 11.5. The first-order valence-corrected chi connectivity index (χ1v) is 6.39. The molecule has 5 heteroatoms. The molecule has 0 unspecified atom stereocenters. The second-order valence-corrected chi connectivity index (χ2v) is 5.08. The monoisotopic (exact) mass is 246 g/mol. The summed E-state index contributed by atoms with van der Waals surface area (Å²) in [7, 11) is 4.05. The van der Waals surface area contributed by atoms with Gasteiger partial charge in [-0.2, -0.15) is 0 Å². The van der Waals surface area contributed by atoms with Crippen molar-refractivity contribution in [2.45, 2.75) is 18.9 Å². The van der Waals surface area contributed by atoms with E-state index in [1.54, 1.807) is 6.20 Å². The topological polar surface area (TPSA) is 43.1 Å². The maximum Gasteiger partial charge on any atom is 0.276 e. The van der Waals surface area contributed by atoms with Gasteiger partial charge in [-0.25, -0.2) is 9.67 Å². The van der Waals surface area contributed by atoms with Gasteiger partial charge >= 0.3 is 0 Å². The minimum absolute atomic E-state index is 0.0927. The highest BCUT2D eigenvalue weighted by Gasteiger charge is 2.23. The van der Waals surface area contributed by atoms with Gasteiger partial charge in [0.1, 0.15) is 0 Å². The summed E-state index contributed by atoms with van der Waals surface area (Å²) in [4.78, 5) is 19.0. The summed E-state index contributed by atoms with van der Waals surface area (Å²) in [6.45, 7) is 2.10. The number of hydrogen-bond donors (Lipinski definition) is 0. The molecule has 1 saturated heterocycles. The number of nitrogens with zero attached hydrogens (tertiary/aromatic N) is 4. The van der Waals surface area contributed by atoms with Crippen LogP contribution in [0.5, 0.6) is 0 Å². The highest BCUT2D eigenvalue weighted by atomic mass is 16.1. The van der Waals surface area contributed by atoms with Gasteiger partial charge in [0.15, 0.2) is 5.65 Å². The van der Waals surface area contributed by atoms with Gasteiger partial charge in [0.2, 0.25) is 0 Å². The van der Waals surface area contributed by atoms with Crippen molar-refractivity contribution in [3.05, 3.63) is 28.7 Å². The van der Waals surface area contributed by atoms with Crippen LogP contribution in [-0.2, 0) is 7.05 Å². The first-order valence-electron chi connectivity index (χ1n) is 6.39. The largest absolute Gasteiger partial charge is 0.306 e. The molecule has 1 aliphatic rings. The van der Waals surface area contributed by atoms with Crippen LogP contribution in [0.1, 0.15) is 18.9 Å². The Morgan fingerprint density at radius 2 is 2.00 bits per heavy atom. The van der Waals surface area contributed by atoms with Crippen molar-refractivity contribution in [2.75, 3.05) is 20.1 Å². The molecule has 0 amide bonds. The molecule has 0 aliphatic carbocycles. The van der Waals surface area contributed by atoms with E-state index in [0.29, 0.717) is 6.04 Å². The van der Waals surface area contributed by atoms with Crippen molar-refractivity contribution in [2.24, 2.45) is 7.05 Å². The zero-order chi connectivity index (χ0) is 12.7. The van der Waals surface area contributed by atoms with Crippen LogP contribution in [-0.4, -0.2) is 39.4 Å². The Bertz CT molecular complexity index is 619. The third-order valence-electron chi connectivity index (χ3n) is 3.89. The minimum atomic E-state index is 0.0927. The highest BCUT2D eigenvalue weighted by Crippen LogP contribution is 2.21. The normalized spacial score (nSPS) is 18.6. The average Bonchev–Trinajstić information content (AvgIpc) is 2.64. The average molecular weight is 246 g/mol. The molecule has 0 N–H and O–H groups in total. The Labute approximate surface area is 106 Å². The van der Waals surface area contributed by atoms with E-state index in [0.717, 1.165) is 37.0 Å². The SMILES string of the molecule is CN1CCC(n2c(=O)c3cccnc3n2C)CC1. The van der Waals surface area contributed by atoms with E-state index in [9.17, 15) is 4.79 Å². The molecule has 0 saturated carbocycles. The van der Waals surface area contributed by atoms with E-state index < -0.39 is 0 Å². The molecule has 0 aromatic carbocycles. The number of aryl methyl sites for hydroxylation is 1. The van der Waals surface area contributed by atoms with Crippen LogP contribution in [0.15, 0.2) is 23.1 Å². The van der Waals surface area contributed by atoms with Gasteiger partial charge in [0.05, 0.1) is 11.4 Å². The zero-order valence-electron chi connectivity index (χ0n) is 10.8. The standard InChI is InChI=1S/C13H18N4O/c1-15-8-5-10(6-9-15)17-13(18)11-4-3-7-14-12(11)16(17)2/h3-4,7,10H,5-6,8-9H2,1-2H3. The van der Waals surface area contributed by atoms with Crippen molar-refractivity contribution in [1.29, 1.82) is 0 Å². The molecule has 2 aromatic rings. The Hall–Kier alpha value is -1.62. The van der Waals surface area contributed by atoms with Crippen LogP contribution >= 0.6 is 0 Å². The Morgan fingerprint density at radius 1 is 1.28 bits per heavy atom. The maximum atomic E-state index is 12.4. The number of hydrogen-bond acceptors (Lipinski definition) is 3. The van der Waals surface area contributed by atoms with Gasteiger partial charge in [-0.15, -0.1) is 0 Å². The molecule has 3 heterocycles. The zero-order valence-corrected chi connectivity index (χ0v) is 10.8.